The van der Waals surface area contributed by atoms with Crippen molar-refractivity contribution in [2.75, 3.05) is 12.0 Å². The third kappa shape index (κ3) is 2.99. The molecule has 1 aliphatic rings. The lowest BCUT2D eigenvalue weighted by Gasteiger charge is -2.50. The number of carbonyl (C=O) groups is 1. The topological polar surface area (TPSA) is 29.5 Å². The van der Waals surface area contributed by atoms with Crippen LogP contribution in [0, 0.1) is 6.92 Å². The molecule has 0 amide bonds. The van der Waals surface area contributed by atoms with E-state index in [0.717, 1.165) is 19.3 Å². The van der Waals surface area contributed by atoms with Crippen LogP contribution in [0.15, 0.2) is 18.2 Å². The van der Waals surface area contributed by atoms with Gasteiger partial charge in [-0.25, -0.2) is 4.79 Å². The van der Waals surface area contributed by atoms with E-state index in [9.17, 15) is 4.79 Å². The summed E-state index contributed by atoms with van der Waals surface area (Å²) in [7, 11) is 1.49. The number of ether oxygens (including phenoxy) is 1. The number of hydrogen-bond donors (Lipinski definition) is 0. The highest BCUT2D eigenvalue weighted by molar-refractivity contribution is 5.81. The summed E-state index contributed by atoms with van der Waals surface area (Å²) in [5, 5.41) is 0. The summed E-state index contributed by atoms with van der Waals surface area (Å²) in [6.07, 6.45) is 2.82. The quantitative estimate of drug-likeness (QED) is 0.771. The maximum atomic E-state index is 12.4. The Morgan fingerprint density at radius 3 is 2.73 bits per heavy atom. The molecule has 3 heteroatoms. The summed E-state index contributed by atoms with van der Waals surface area (Å²) in [6, 6.07) is 6.37. The van der Waals surface area contributed by atoms with Crippen molar-refractivity contribution in [1.82, 2.24) is 0 Å². The molecule has 2 rings (SSSR count). The predicted molar refractivity (Wildman–Crippen MR) is 91.5 cm³/mol. The van der Waals surface area contributed by atoms with Crippen molar-refractivity contribution in [3.63, 3.8) is 0 Å². The molecule has 0 saturated heterocycles. The van der Waals surface area contributed by atoms with Gasteiger partial charge >= 0.3 is 5.97 Å². The number of methoxy groups -OCH3 is 1. The van der Waals surface area contributed by atoms with E-state index in [1.165, 1.54) is 23.9 Å². The van der Waals surface area contributed by atoms with Gasteiger partial charge in [0.1, 0.15) is 6.04 Å². The Morgan fingerprint density at radius 2 is 2.14 bits per heavy atom. The maximum Gasteiger partial charge on any atom is 0.328 e. The number of aryl methyl sites for hydroxylation is 1. The smallest absolute Gasteiger partial charge is 0.328 e. The molecule has 0 fully saturated rings. The summed E-state index contributed by atoms with van der Waals surface area (Å²) in [4.78, 5) is 14.7. The number of rotatable bonds is 4. The molecule has 1 aromatic carbocycles. The maximum absolute atomic E-state index is 12.4. The SMILES string of the molecule is CCC[C@@H](C(=O)OC)N1c2ccc(C)cc2[C@H](C)CC1(C)C. The minimum absolute atomic E-state index is 0.0598. The van der Waals surface area contributed by atoms with Crippen LogP contribution in [0.1, 0.15) is 64.0 Å². The molecule has 0 aromatic heterocycles. The molecule has 122 valence electrons. The van der Waals surface area contributed by atoms with Gasteiger partial charge in [0.05, 0.1) is 7.11 Å². The van der Waals surface area contributed by atoms with Crippen molar-refractivity contribution in [3.8, 4) is 0 Å². The van der Waals surface area contributed by atoms with Crippen LogP contribution in [0.25, 0.3) is 0 Å². The molecule has 0 aliphatic carbocycles. The second kappa shape index (κ2) is 6.31. The van der Waals surface area contributed by atoms with Crippen LogP contribution in [-0.4, -0.2) is 24.7 Å². The first-order chi connectivity index (χ1) is 10.3. The van der Waals surface area contributed by atoms with Crippen LogP contribution >= 0.6 is 0 Å². The van der Waals surface area contributed by atoms with Gasteiger partial charge in [0.2, 0.25) is 0 Å². The number of anilines is 1. The average molecular weight is 303 g/mol. The molecular weight excluding hydrogens is 274 g/mol. The highest BCUT2D eigenvalue weighted by Gasteiger charge is 2.42. The van der Waals surface area contributed by atoms with Gasteiger partial charge in [-0.3, -0.25) is 0 Å². The third-order valence-electron chi connectivity index (χ3n) is 4.78. The van der Waals surface area contributed by atoms with Gasteiger partial charge in [-0.2, -0.15) is 0 Å². The van der Waals surface area contributed by atoms with Gasteiger partial charge in [0.25, 0.3) is 0 Å². The zero-order valence-corrected chi connectivity index (χ0v) is 14.8. The Kier molecular flexibility index (Phi) is 4.84. The van der Waals surface area contributed by atoms with E-state index in [2.05, 4.69) is 57.7 Å². The van der Waals surface area contributed by atoms with Gasteiger partial charge in [-0.15, -0.1) is 0 Å². The Balaban J connectivity index is 2.56. The van der Waals surface area contributed by atoms with Crippen LogP contribution in [0.4, 0.5) is 5.69 Å². The average Bonchev–Trinajstić information content (AvgIpc) is 2.45. The number of hydrogen-bond acceptors (Lipinski definition) is 3. The molecule has 3 nitrogen and oxygen atoms in total. The number of fused-ring (bicyclic) bond motifs is 1. The first kappa shape index (κ1) is 16.9. The summed E-state index contributed by atoms with van der Waals surface area (Å²) in [5.74, 6) is 0.372. The summed E-state index contributed by atoms with van der Waals surface area (Å²) in [5.41, 5.74) is 3.76. The molecule has 1 heterocycles. The molecule has 1 aromatic rings. The number of nitrogens with zero attached hydrogens (tertiary/aromatic N) is 1. The first-order valence-corrected chi connectivity index (χ1v) is 8.29. The van der Waals surface area contributed by atoms with Gasteiger partial charge in [0.15, 0.2) is 0 Å². The zero-order chi connectivity index (χ0) is 16.5. The Hall–Kier alpha value is -1.51. The van der Waals surface area contributed by atoms with E-state index < -0.39 is 0 Å². The van der Waals surface area contributed by atoms with Crippen LogP contribution in [0.5, 0.6) is 0 Å². The summed E-state index contributed by atoms with van der Waals surface area (Å²) < 4.78 is 5.10. The monoisotopic (exact) mass is 303 g/mol. The Morgan fingerprint density at radius 1 is 1.45 bits per heavy atom. The fraction of sp³-hybridized carbons (Fsp3) is 0.632. The molecule has 0 N–H and O–H groups in total. The minimum atomic E-state index is -0.209. The van der Waals surface area contributed by atoms with E-state index in [0.29, 0.717) is 5.92 Å². The summed E-state index contributed by atoms with van der Waals surface area (Å²) in [6.45, 7) is 11.0. The molecule has 0 unspecified atom stereocenters. The van der Waals surface area contributed by atoms with Crippen LogP contribution in [0.2, 0.25) is 0 Å². The predicted octanol–water partition coefficient (Wildman–Crippen LogP) is 4.43. The van der Waals surface area contributed by atoms with Crippen molar-refractivity contribution in [2.45, 2.75) is 71.4 Å². The lowest BCUT2D eigenvalue weighted by atomic mass is 9.78. The highest BCUT2D eigenvalue weighted by atomic mass is 16.5. The number of benzene rings is 1. The second-order valence-electron chi connectivity index (χ2n) is 7.18. The lowest BCUT2D eigenvalue weighted by molar-refractivity contribution is -0.142. The van der Waals surface area contributed by atoms with Gasteiger partial charge in [-0.1, -0.05) is 38.0 Å². The van der Waals surface area contributed by atoms with E-state index in [1.807, 2.05) is 0 Å². The fourth-order valence-electron chi connectivity index (χ4n) is 3.92. The molecule has 0 bridgehead atoms. The van der Waals surface area contributed by atoms with E-state index >= 15 is 0 Å². The van der Waals surface area contributed by atoms with Crippen LogP contribution in [0.3, 0.4) is 0 Å². The van der Waals surface area contributed by atoms with E-state index in [4.69, 9.17) is 4.74 Å². The second-order valence-corrected chi connectivity index (χ2v) is 7.18. The zero-order valence-electron chi connectivity index (χ0n) is 14.8. The Bertz CT molecular complexity index is 550. The molecule has 0 saturated carbocycles. The molecule has 22 heavy (non-hydrogen) atoms. The van der Waals surface area contributed by atoms with Gasteiger partial charge in [0, 0.05) is 11.2 Å². The largest absolute Gasteiger partial charge is 0.467 e. The first-order valence-electron chi connectivity index (χ1n) is 8.29. The molecule has 0 radical (unpaired) electrons. The fourth-order valence-corrected chi connectivity index (χ4v) is 3.92. The van der Waals surface area contributed by atoms with Crippen molar-refractivity contribution >= 4 is 11.7 Å². The van der Waals surface area contributed by atoms with E-state index in [-0.39, 0.29) is 17.6 Å². The molecule has 1 aliphatic heterocycles. The standard InChI is InChI=1S/C19H29NO2/c1-7-8-17(18(21)22-6)20-16-10-9-13(2)11-15(16)14(3)12-19(20,4)5/h9-11,14,17H,7-8,12H2,1-6H3/t14-,17+/m1/s1. The van der Waals surface area contributed by atoms with Crippen LogP contribution in [-0.2, 0) is 9.53 Å². The molecular formula is C19H29NO2. The normalized spacial score (nSPS) is 21.2. The van der Waals surface area contributed by atoms with Crippen molar-refractivity contribution < 1.29 is 9.53 Å². The summed E-state index contributed by atoms with van der Waals surface area (Å²) >= 11 is 0. The molecule has 2 atom stereocenters. The van der Waals surface area contributed by atoms with Crippen LogP contribution < -0.4 is 4.90 Å². The van der Waals surface area contributed by atoms with Gasteiger partial charge in [-0.05, 0) is 51.2 Å². The van der Waals surface area contributed by atoms with Crippen molar-refractivity contribution in [1.29, 1.82) is 0 Å². The minimum Gasteiger partial charge on any atom is -0.467 e. The third-order valence-corrected chi connectivity index (χ3v) is 4.78. The number of carbonyl (C=O) groups excluding carboxylic acids is 1. The number of esters is 1. The Labute approximate surface area is 134 Å². The highest BCUT2D eigenvalue weighted by Crippen LogP contribution is 2.45. The lowest BCUT2D eigenvalue weighted by Crippen LogP contribution is -2.56. The van der Waals surface area contributed by atoms with Crippen molar-refractivity contribution in [3.05, 3.63) is 29.3 Å². The molecule has 0 spiro atoms. The van der Waals surface area contributed by atoms with E-state index in [1.54, 1.807) is 0 Å². The van der Waals surface area contributed by atoms with Gasteiger partial charge < -0.3 is 9.64 Å². The van der Waals surface area contributed by atoms with Crippen molar-refractivity contribution in [2.24, 2.45) is 0 Å².